The van der Waals surface area contributed by atoms with Crippen LogP contribution in [0.4, 0.5) is 14.5 Å². The maximum Gasteiger partial charge on any atom is 0.329 e. The van der Waals surface area contributed by atoms with E-state index < -0.39 is 17.6 Å². The van der Waals surface area contributed by atoms with Crippen LogP contribution in [0.2, 0.25) is 0 Å². The smallest absolute Gasteiger partial charge is 0.329 e. The van der Waals surface area contributed by atoms with Crippen molar-refractivity contribution in [2.45, 2.75) is 6.61 Å². The van der Waals surface area contributed by atoms with Gasteiger partial charge >= 0.3 is 11.8 Å². The molecule has 0 aliphatic rings. The first-order chi connectivity index (χ1) is 15.9. The van der Waals surface area contributed by atoms with E-state index >= 15 is 0 Å². The number of anilines is 1. The number of rotatable bonds is 7. The number of ether oxygens (including phenoxy) is 2. The van der Waals surface area contributed by atoms with E-state index in [1.54, 1.807) is 24.3 Å². The van der Waals surface area contributed by atoms with Crippen molar-refractivity contribution in [2.75, 3.05) is 12.4 Å². The van der Waals surface area contributed by atoms with Crippen LogP contribution in [0.15, 0.2) is 70.2 Å². The molecule has 0 aliphatic carbocycles. The predicted molar refractivity (Wildman–Crippen MR) is 122 cm³/mol. The van der Waals surface area contributed by atoms with Gasteiger partial charge in [-0.15, -0.1) is 0 Å². The third kappa shape index (κ3) is 6.84. The summed E-state index contributed by atoms with van der Waals surface area (Å²) in [6.07, 6.45) is 1.32. The number of methoxy groups -OCH3 is 1. The lowest BCUT2D eigenvalue weighted by Gasteiger charge is -2.13. The molecule has 0 spiro atoms. The molecule has 0 heterocycles. The number of carbonyl (C=O) groups excluding carboxylic acids is 2. The van der Waals surface area contributed by atoms with Crippen LogP contribution in [0.1, 0.15) is 11.1 Å². The number of amides is 2. The van der Waals surface area contributed by atoms with Gasteiger partial charge in [0.15, 0.2) is 11.5 Å². The summed E-state index contributed by atoms with van der Waals surface area (Å²) in [5.74, 6) is -1.92. The minimum Gasteiger partial charge on any atom is -0.493 e. The van der Waals surface area contributed by atoms with Crippen molar-refractivity contribution in [3.05, 3.63) is 87.9 Å². The lowest BCUT2D eigenvalue weighted by Crippen LogP contribution is -2.32. The Morgan fingerprint density at radius 2 is 1.64 bits per heavy atom. The average Bonchev–Trinajstić information content (AvgIpc) is 2.80. The van der Waals surface area contributed by atoms with E-state index in [2.05, 4.69) is 31.8 Å². The van der Waals surface area contributed by atoms with Gasteiger partial charge in [-0.1, -0.05) is 12.1 Å². The van der Waals surface area contributed by atoms with Crippen molar-refractivity contribution in [1.82, 2.24) is 5.43 Å². The van der Waals surface area contributed by atoms with Gasteiger partial charge in [0.1, 0.15) is 18.2 Å². The third-order valence-corrected chi connectivity index (χ3v) is 4.83. The Balaban J connectivity index is 1.61. The molecule has 0 aliphatic heterocycles. The van der Waals surface area contributed by atoms with Gasteiger partial charge in [-0.05, 0) is 75.6 Å². The second-order valence-electron chi connectivity index (χ2n) is 6.61. The van der Waals surface area contributed by atoms with Gasteiger partial charge in [0.2, 0.25) is 0 Å². The van der Waals surface area contributed by atoms with E-state index in [-0.39, 0.29) is 18.1 Å². The van der Waals surface area contributed by atoms with Crippen molar-refractivity contribution in [3.8, 4) is 11.5 Å². The van der Waals surface area contributed by atoms with Crippen molar-refractivity contribution < 1.29 is 27.8 Å². The van der Waals surface area contributed by atoms with Gasteiger partial charge in [-0.2, -0.15) is 5.10 Å². The topological polar surface area (TPSA) is 89.0 Å². The lowest BCUT2D eigenvalue weighted by atomic mass is 10.2. The number of benzene rings is 3. The molecule has 0 bridgehead atoms. The van der Waals surface area contributed by atoms with E-state index in [1.807, 2.05) is 0 Å². The molecule has 0 radical (unpaired) electrons. The summed E-state index contributed by atoms with van der Waals surface area (Å²) in [6, 6.07) is 14.2. The summed E-state index contributed by atoms with van der Waals surface area (Å²) < 4.78 is 37.7. The van der Waals surface area contributed by atoms with E-state index in [9.17, 15) is 18.4 Å². The van der Waals surface area contributed by atoms with E-state index in [0.717, 1.165) is 17.7 Å². The number of halogens is 3. The highest BCUT2D eigenvalue weighted by atomic mass is 79.9. The molecule has 3 aromatic carbocycles. The zero-order valence-electron chi connectivity index (χ0n) is 17.3. The fraction of sp³-hybridized carbons (Fsp3) is 0.0870. The second kappa shape index (κ2) is 11.2. The number of nitrogens with zero attached hydrogens (tertiary/aromatic N) is 1. The molecule has 0 saturated heterocycles. The minimum absolute atomic E-state index is 0.196. The largest absolute Gasteiger partial charge is 0.493 e. The monoisotopic (exact) mass is 517 g/mol. The van der Waals surface area contributed by atoms with Crippen LogP contribution < -0.4 is 20.2 Å². The van der Waals surface area contributed by atoms with Crippen molar-refractivity contribution >= 4 is 39.6 Å². The first-order valence-electron chi connectivity index (χ1n) is 9.50. The first-order valence-corrected chi connectivity index (χ1v) is 10.3. The molecule has 3 rings (SSSR count). The highest BCUT2D eigenvalue weighted by Crippen LogP contribution is 2.36. The highest BCUT2D eigenvalue weighted by molar-refractivity contribution is 9.10. The standard InChI is InChI=1S/C23H18BrF2N3O4/c1-32-20-11-15(10-19(24)21(20)33-13-14-2-4-16(25)5-3-14)12-27-29-23(31)22(30)28-18-8-6-17(26)7-9-18/h2-12H,13H2,1H3,(H,28,30)(H,29,31)/b27-12+. The Morgan fingerprint density at radius 1 is 1.00 bits per heavy atom. The zero-order valence-corrected chi connectivity index (χ0v) is 18.9. The SMILES string of the molecule is COc1cc(/C=N/NC(=O)C(=O)Nc2ccc(F)cc2)cc(Br)c1OCc1ccc(F)cc1. The molecule has 0 atom stereocenters. The van der Waals surface area contributed by atoms with Crippen molar-refractivity contribution in [3.63, 3.8) is 0 Å². The van der Waals surface area contributed by atoms with E-state index in [0.29, 0.717) is 21.5 Å². The summed E-state index contributed by atoms with van der Waals surface area (Å²) >= 11 is 3.41. The van der Waals surface area contributed by atoms with Crippen molar-refractivity contribution in [2.24, 2.45) is 5.10 Å². The summed E-state index contributed by atoms with van der Waals surface area (Å²) in [5, 5.41) is 6.09. The number of hydrogen-bond donors (Lipinski definition) is 2. The average molecular weight is 518 g/mol. The molecule has 7 nitrogen and oxygen atoms in total. The zero-order chi connectivity index (χ0) is 23.8. The number of nitrogens with one attached hydrogen (secondary N) is 2. The van der Waals surface area contributed by atoms with Crippen LogP contribution in [0, 0.1) is 11.6 Å². The predicted octanol–water partition coefficient (Wildman–Crippen LogP) is 4.40. The van der Waals surface area contributed by atoms with Crippen LogP contribution in [0.5, 0.6) is 11.5 Å². The van der Waals surface area contributed by atoms with Gasteiger partial charge in [0.25, 0.3) is 0 Å². The molecule has 2 N–H and O–H groups in total. The molecular formula is C23H18BrF2N3O4. The van der Waals surface area contributed by atoms with Crippen LogP contribution in [0.3, 0.4) is 0 Å². The Labute approximate surface area is 196 Å². The fourth-order valence-electron chi connectivity index (χ4n) is 2.63. The molecule has 10 heteroatoms. The normalized spacial score (nSPS) is 10.7. The van der Waals surface area contributed by atoms with Gasteiger partial charge in [0.05, 0.1) is 17.8 Å². The van der Waals surface area contributed by atoms with Gasteiger partial charge < -0.3 is 14.8 Å². The Bertz CT molecular complexity index is 1170. The first kappa shape index (κ1) is 23.9. The Morgan fingerprint density at radius 3 is 2.27 bits per heavy atom. The van der Waals surface area contributed by atoms with Crippen molar-refractivity contribution in [1.29, 1.82) is 0 Å². The van der Waals surface area contributed by atoms with E-state index in [4.69, 9.17) is 9.47 Å². The number of carbonyl (C=O) groups is 2. The molecule has 0 unspecified atom stereocenters. The molecule has 0 fully saturated rings. The molecule has 0 saturated carbocycles. The lowest BCUT2D eigenvalue weighted by molar-refractivity contribution is -0.136. The summed E-state index contributed by atoms with van der Waals surface area (Å²) in [7, 11) is 1.47. The number of hydrogen-bond acceptors (Lipinski definition) is 5. The Hall–Kier alpha value is -3.79. The van der Waals surface area contributed by atoms with Crippen LogP contribution in [-0.4, -0.2) is 25.1 Å². The third-order valence-electron chi connectivity index (χ3n) is 4.24. The van der Waals surface area contributed by atoms with E-state index in [1.165, 1.54) is 37.6 Å². The molecule has 2 amide bonds. The van der Waals surface area contributed by atoms with Crippen LogP contribution in [0.25, 0.3) is 0 Å². The second-order valence-corrected chi connectivity index (χ2v) is 7.46. The fourth-order valence-corrected chi connectivity index (χ4v) is 3.20. The molecule has 3 aromatic rings. The number of hydrazone groups is 1. The van der Waals surface area contributed by atoms with Gasteiger partial charge in [-0.3, -0.25) is 9.59 Å². The quantitative estimate of drug-likeness (QED) is 0.276. The maximum atomic E-state index is 13.0. The highest BCUT2D eigenvalue weighted by Gasteiger charge is 2.14. The molecule has 33 heavy (non-hydrogen) atoms. The summed E-state index contributed by atoms with van der Waals surface area (Å²) in [5.41, 5.74) is 3.70. The summed E-state index contributed by atoms with van der Waals surface area (Å²) in [4.78, 5) is 23.8. The van der Waals surface area contributed by atoms with Gasteiger partial charge in [-0.25, -0.2) is 14.2 Å². The van der Waals surface area contributed by atoms with Crippen LogP contribution >= 0.6 is 15.9 Å². The summed E-state index contributed by atoms with van der Waals surface area (Å²) in [6.45, 7) is 0.196. The van der Waals surface area contributed by atoms with Gasteiger partial charge in [0, 0.05) is 5.69 Å². The maximum absolute atomic E-state index is 13.0. The van der Waals surface area contributed by atoms with Crippen LogP contribution in [-0.2, 0) is 16.2 Å². The molecular weight excluding hydrogens is 500 g/mol. The minimum atomic E-state index is -0.999. The molecule has 170 valence electrons. The molecule has 0 aromatic heterocycles. The Kier molecular flexibility index (Phi) is 8.09.